The fourth-order valence-corrected chi connectivity index (χ4v) is 2.28. The zero-order valence-corrected chi connectivity index (χ0v) is 12.5. The van der Waals surface area contributed by atoms with Crippen molar-refractivity contribution in [2.45, 2.75) is 26.9 Å². The maximum absolute atomic E-state index is 5.88. The summed E-state index contributed by atoms with van der Waals surface area (Å²) in [7, 11) is 0. The number of ether oxygens (including phenoxy) is 1. The van der Waals surface area contributed by atoms with Crippen LogP contribution in [-0.2, 0) is 0 Å². The summed E-state index contributed by atoms with van der Waals surface area (Å²) in [4.78, 5) is 4.64. The van der Waals surface area contributed by atoms with Gasteiger partial charge in [-0.25, -0.2) is 4.99 Å². The van der Waals surface area contributed by atoms with Crippen molar-refractivity contribution in [2.24, 2.45) is 4.99 Å². The minimum Gasteiger partial charge on any atom is -0.480 e. The third-order valence-corrected chi connectivity index (χ3v) is 3.69. The van der Waals surface area contributed by atoms with Crippen LogP contribution >= 0.6 is 0 Å². The van der Waals surface area contributed by atoms with E-state index in [-0.39, 0.29) is 6.10 Å². The number of fused-ring (bicyclic) bond motifs is 1. The van der Waals surface area contributed by atoms with Crippen molar-refractivity contribution >= 4 is 22.9 Å². The van der Waals surface area contributed by atoms with Gasteiger partial charge in [-0.2, -0.15) is 0 Å². The molecule has 1 atom stereocenters. The molecule has 0 saturated carbocycles. The van der Waals surface area contributed by atoms with Crippen LogP contribution in [0.5, 0.6) is 5.75 Å². The molecule has 4 heteroatoms. The minimum absolute atomic E-state index is 0.138. The van der Waals surface area contributed by atoms with Crippen molar-refractivity contribution in [1.82, 2.24) is 0 Å². The highest BCUT2D eigenvalue weighted by Crippen LogP contribution is 2.34. The van der Waals surface area contributed by atoms with Gasteiger partial charge in [-0.05, 0) is 56.2 Å². The third-order valence-electron chi connectivity index (χ3n) is 3.69. The molecule has 0 aliphatic carbocycles. The van der Waals surface area contributed by atoms with Gasteiger partial charge < -0.3 is 15.8 Å². The van der Waals surface area contributed by atoms with Gasteiger partial charge in [0.1, 0.15) is 17.3 Å². The second kappa shape index (κ2) is 5.13. The van der Waals surface area contributed by atoms with Crippen molar-refractivity contribution in [1.29, 1.82) is 0 Å². The van der Waals surface area contributed by atoms with Gasteiger partial charge in [-0.3, -0.25) is 0 Å². The number of aryl methyl sites for hydroxylation is 2. The Kier molecular flexibility index (Phi) is 3.29. The monoisotopic (exact) mass is 281 g/mol. The summed E-state index contributed by atoms with van der Waals surface area (Å²) >= 11 is 0. The summed E-state index contributed by atoms with van der Waals surface area (Å²) in [5.74, 6) is 1.53. The van der Waals surface area contributed by atoms with Crippen LogP contribution in [0, 0.1) is 13.8 Å². The summed E-state index contributed by atoms with van der Waals surface area (Å²) in [5, 5.41) is 3.35. The lowest BCUT2D eigenvalue weighted by atomic mass is 10.1. The molecule has 0 aromatic heterocycles. The highest BCUT2D eigenvalue weighted by Gasteiger charge is 2.20. The average molecular weight is 281 g/mol. The molecule has 0 fully saturated rings. The summed E-state index contributed by atoms with van der Waals surface area (Å²) in [6.07, 6.45) is -0.138. The lowest BCUT2D eigenvalue weighted by molar-refractivity contribution is 0.283. The maximum atomic E-state index is 5.88. The third kappa shape index (κ3) is 2.70. The molecule has 2 aromatic rings. The van der Waals surface area contributed by atoms with E-state index in [4.69, 9.17) is 10.5 Å². The Morgan fingerprint density at radius 3 is 2.67 bits per heavy atom. The van der Waals surface area contributed by atoms with Crippen LogP contribution in [0.1, 0.15) is 18.1 Å². The molecule has 1 unspecified atom stereocenters. The van der Waals surface area contributed by atoms with E-state index in [2.05, 4.69) is 42.4 Å². The molecule has 0 amide bonds. The Bertz CT molecular complexity index is 722. The molecule has 0 saturated heterocycles. The van der Waals surface area contributed by atoms with E-state index in [0.29, 0.717) is 5.69 Å². The molecule has 3 rings (SSSR count). The van der Waals surface area contributed by atoms with Crippen LogP contribution in [0.4, 0.5) is 17.1 Å². The van der Waals surface area contributed by atoms with E-state index in [1.165, 1.54) is 11.1 Å². The van der Waals surface area contributed by atoms with Gasteiger partial charge in [0.15, 0.2) is 6.10 Å². The smallest absolute Gasteiger partial charge is 0.153 e. The largest absolute Gasteiger partial charge is 0.480 e. The van der Waals surface area contributed by atoms with Crippen LogP contribution in [0.2, 0.25) is 0 Å². The number of nitrogens with zero attached hydrogens (tertiary/aromatic N) is 1. The normalized spacial score (nSPS) is 16.7. The Labute approximate surface area is 124 Å². The molecule has 0 spiro atoms. The highest BCUT2D eigenvalue weighted by molar-refractivity contribution is 6.01. The number of nitrogens with two attached hydrogens (primary N) is 1. The van der Waals surface area contributed by atoms with Crippen LogP contribution < -0.4 is 15.8 Å². The Balaban J connectivity index is 1.91. The standard InChI is InChI=1S/C17H19N3O/c1-10-4-6-14(8-11(10)2)19-17-12(3)21-16-9-13(18)5-7-15(16)20-17/h4-9,12H,18H2,1-3H3,(H,19,20). The van der Waals surface area contributed by atoms with Crippen LogP contribution in [0.15, 0.2) is 41.4 Å². The number of aliphatic imine (C=N–C) groups is 1. The first-order chi connectivity index (χ1) is 10.0. The number of amidine groups is 1. The average Bonchev–Trinajstić information content (AvgIpc) is 2.44. The first-order valence-corrected chi connectivity index (χ1v) is 7.02. The molecule has 1 aliphatic heterocycles. The van der Waals surface area contributed by atoms with E-state index in [1.807, 2.05) is 25.1 Å². The summed E-state index contributed by atoms with van der Waals surface area (Å²) < 4.78 is 5.88. The van der Waals surface area contributed by atoms with Crippen molar-refractivity contribution < 1.29 is 4.74 Å². The van der Waals surface area contributed by atoms with E-state index in [0.717, 1.165) is 23.0 Å². The number of hydrogen-bond acceptors (Lipinski definition) is 4. The van der Waals surface area contributed by atoms with Gasteiger partial charge in [-0.1, -0.05) is 6.07 Å². The quantitative estimate of drug-likeness (QED) is 0.781. The molecular weight excluding hydrogens is 262 g/mol. The van der Waals surface area contributed by atoms with E-state index < -0.39 is 0 Å². The number of nitrogens with one attached hydrogen (secondary N) is 1. The van der Waals surface area contributed by atoms with Gasteiger partial charge in [0.05, 0.1) is 0 Å². The van der Waals surface area contributed by atoms with Gasteiger partial charge in [-0.15, -0.1) is 0 Å². The van der Waals surface area contributed by atoms with Crippen molar-refractivity contribution in [3.8, 4) is 5.75 Å². The first kappa shape index (κ1) is 13.5. The summed E-state index contributed by atoms with van der Waals surface area (Å²) in [5.41, 5.74) is 10.8. The zero-order valence-electron chi connectivity index (χ0n) is 12.5. The Morgan fingerprint density at radius 2 is 1.90 bits per heavy atom. The number of nitrogen functional groups attached to an aromatic ring is 1. The highest BCUT2D eigenvalue weighted by atomic mass is 16.5. The fraction of sp³-hybridized carbons (Fsp3) is 0.235. The second-order valence-electron chi connectivity index (χ2n) is 5.41. The van der Waals surface area contributed by atoms with Gasteiger partial charge in [0.2, 0.25) is 0 Å². The SMILES string of the molecule is Cc1ccc(NC2=Nc3ccc(N)cc3OC2C)cc1C. The molecule has 2 aromatic carbocycles. The minimum atomic E-state index is -0.138. The van der Waals surface area contributed by atoms with Crippen LogP contribution in [0.3, 0.4) is 0 Å². The van der Waals surface area contributed by atoms with Crippen molar-refractivity contribution in [2.75, 3.05) is 11.1 Å². The van der Waals surface area contributed by atoms with E-state index in [1.54, 1.807) is 0 Å². The van der Waals surface area contributed by atoms with Crippen LogP contribution in [0.25, 0.3) is 0 Å². The number of rotatable bonds is 1. The Morgan fingerprint density at radius 1 is 1.10 bits per heavy atom. The van der Waals surface area contributed by atoms with Gasteiger partial charge in [0.25, 0.3) is 0 Å². The molecular formula is C17H19N3O. The lowest BCUT2D eigenvalue weighted by Crippen LogP contribution is -2.32. The molecule has 0 radical (unpaired) electrons. The predicted molar refractivity (Wildman–Crippen MR) is 87.6 cm³/mol. The Hall–Kier alpha value is -2.49. The molecule has 1 heterocycles. The molecule has 108 valence electrons. The summed E-state index contributed by atoms with van der Waals surface area (Å²) in [6.45, 7) is 6.17. The fourth-order valence-electron chi connectivity index (χ4n) is 2.28. The molecule has 21 heavy (non-hydrogen) atoms. The first-order valence-electron chi connectivity index (χ1n) is 7.02. The van der Waals surface area contributed by atoms with E-state index in [9.17, 15) is 0 Å². The summed E-state index contributed by atoms with van der Waals surface area (Å²) in [6, 6.07) is 11.8. The predicted octanol–water partition coefficient (Wildman–Crippen LogP) is 3.81. The topological polar surface area (TPSA) is 59.6 Å². The zero-order chi connectivity index (χ0) is 15.0. The van der Waals surface area contributed by atoms with Crippen LogP contribution in [-0.4, -0.2) is 11.9 Å². The number of hydrogen-bond donors (Lipinski definition) is 2. The van der Waals surface area contributed by atoms with E-state index >= 15 is 0 Å². The molecule has 4 nitrogen and oxygen atoms in total. The maximum Gasteiger partial charge on any atom is 0.153 e. The number of benzene rings is 2. The number of anilines is 2. The second-order valence-corrected chi connectivity index (χ2v) is 5.41. The van der Waals surface area contributed by atoms with Crippen molar-refractivity contribution in [3.63, 3.8) is 0 Å². The molecule has 0 bridgehead atoms. The van der Waals surface area contributed by atoms with Gasteiger partial charge in [0, 0.05) is 17.4 Å². The lowest BCUT2D eigenvalue weighted by Gasteiger charge is -2.24. The molecule has 1 aliphatic rings. The van der Waals surface area contributed by atoms with Crippen molar-refractivity contribution in [3.05, 3.63) is 47.5 Å². The molecule has 3 N–H and O–H groups in total. The van der Waals surface area contributed by atoms with Gasteiger partial charge >= 0.3 is 0 Å².